The highest BCUT2D eigenvalue weighted by Crippen LogP contribution is 2.39. The zero-order chi connectivity index (χ0) is 12.4. The fourth-order valence-electron chi connectivity index (χ4n) is 1.36. The van der Waals surface area contributed by atoms with Gasteiger partial charge in [0.2, 0.25) is 0 Å². The van der Waals surface area contributed by atoms with E-state index in [-0.39, 0.29) is 0 Å². The number of nitrogens with two attached hydrogens (primary N) is 2. The van der Waals surface area contributed by atoms with E-state index in [1.54, 1.807) is 11.8 Å². The molecule has 0 saturated heterocycles. The summed E-state index contributed by atoms with van der Waals surface area (Å²) >= 11 is 10.4. The van der Waals surface area contributed by atoms with Gasteiger partial charge in [0, 0.05) is 31.0 Å². The molecule has 0 atom stereocenters. The smallest absolute Gasteiger partial charge is 0.0461 e. The second-order valence-corrected chi connectivity index (χ2v) is 5.47. The first-order valence-corrected chi connectivity index (χ1v) is 6.63. The Morgan fingerprint density at radius 2 is 1.18 bits per heavy atom. The summed E-state index contributed by atoms with van der Waals surface area (Å²) < 4.78 is 0. The second kappa shape index (κ2) is 5.16. The van der Waals surface area contributed by atoms with Crippen molar-refractivity contribution in [1.29, 1.82) is 0 Å². The number of nitrogen functional groups attached to an aromatic ring is 2. The highest BCUT2D eigenvalue weighted by Gasteiger charge is 2.08. The van der Waals surface area contributed by atoms with E-state index in [0.717, 1.165) is 19.6 Å². The van der Waals surface area contributed by atoms with Gasteiger partial charge in [0.25, 0.3) is 0 Å². The minimum absolute atomic E-state index is 0.669. The van der Waals surface area contributed by atoms with Crippen LogP contribution in [0.1, 0.15) is 0 Å². The first-order valence-electron chi connectivity index (χ1n) is 4.92. The molecule has 2 rings (SSSR count). The molecule has 0 unspecified atom stereocenters. The van der Waals surface area contributed by atoms with Crippen LogP contribution in [0.5, 0.6) is 0 Å². The van der Waals surface area contributed by atoms with Crippen molar-refractivity contribution in [2.24, 2.45) is 0 Å². The summed E-state index contributed by atoms with van der Waals surface area (Å²) in [7, 11) is 0. The molecule has 5 heteroatoms. The third-order valence-electron chi connectivity index (χ3n) is 2.28. The van der Waals surface area contributed by atoms with E-state index >= 15 is 0 Å². The Hall–Kier alpha value is -0.910. The van der Waals surface area contributed by atoms with Crippen molar-refractivity contribution in [3.8, 4) is 0 Å². The lowest BCUT2D eigenvalue weighted by molar-refractivity contribution is 1.22. The Labute approximate surface area is 116 Å². The molecule has 88 valence electrons. The van der Waals surface area contributed by atoms with Crippen LogP contribution in [0.25, 0.3) is 0 Å². The van der Waals surface area contributed by atoms with Gasteiger partial charge in [-0.1, -0.05) is 23.9 Å². The molecule has 2 aromatic carbocycles. The molecule has 2 aromatic rings. The number of thiol groups is 2. The van der Waals surface area contributed by atoms with E-state index in [2.05, 4.69) is 25.3 Å². The van der Waals surface area contributed by atoms with Crippen molar-refractivity contribution in [1.82, 2.24) is 0 Å². The van der Waals surface area contributed by atoms with Crippen LogP contribution in [0.2, 0.25) is 0 Å². The average molecular weight is 280 g/mol. The van der Waals surface area contributed by atoms with Gasteiger partial charge in [0.1, 0.15) is 0 Å². The summed E-state index contributed by atoms with van der Waals surface area (Å²) in [6, 6.07) is 11.4. The number of benzene rings is 2. The molecule has 0 aliphatic carbocycles. The van der Waals surface area contributed by atoms with Crippen LogP contribution in [-0.4, -0.2) is 0 Å². The summed E-state index contributed by atoms with van der Waals surface area (Å²) in [6.45, 7) is 0. The maximum Gasteiger partial charge on any atom is 0.0461 e. The predicted octanol–water partition coefficient (Wildman–Crippen LogP) is 3.58. The number of rotatable bonds is 2. The van der Waals surface area contributed by atoms with E-state index in [1.165, 1.54) is 0 Å². The van der Waals surface area contributed by atoms with E-state index < -0.39 is 0 Å². The van der Waals surface area contributed by atoms with Crippen molar-refractivity contribution >= 4 is 48.4 Å². The summed E-state index contributed by atoms with van der Waals surface area (Å²) in [5, 5.41) is 0. The molecular weight excluding hydrogens is 268 g/mol. The predicted molar refractivity (Wildman–Crippen MR) is 80.3 cm³/mol. The lowest BCUT2D eigenvalue weighted by Gasteiger charge is -2.10. The van der Waals surface area contributed by atoms with Crippen LogP contribution in [0, 0.1) is 0 Å². The molecule has 0 radical (unpaired) electrons. The Morgan fingerprint density at radius 1 is 0.765 bits per heavy atom. The summed E-state index contributed by atoms with van der Waals surface area (Å²) in [6.07, 6.45) is 0. The summed E-state index contributed by atoms with van der Waals surface area (Å²) in [5.41, 5.74) is 13.0. The first-order chi connectivity index (χ1) is 8.09. The van der Waals surface area contributed by atoms with Crippen molar-refractivity contribution in [2.75, 3.05) is 11.5 Å². The van der Waals surface area contributed by atoms with E-state index in [0.29, 0.717) is 11.4 Å². The van der Waals surface area contributed by atoms with Crippen molar-refractivity contribution < 1.29 is 0 Å². The number of anilines is 2. The van der Waals surface area contributed by atoms with Crippen LogP contribution < -0.4 is 11.5 Å². The van der Waals surface area contributed by atoms with Crippen LogP contribution >= 0.6 is 37.0 Å². The number of hydrogen-bond acceptors (Lipinski definition) is 5. The van der Waals surface area contributed by atoms with Gasteiger partial charge in [-0.3, -0.25) is 0 Å². The molecule has 0 bridgehead atoms. The third kappa shape index (κ3) is 2.68. The van der Waals surface area contributed by atoms with E-state index in [9.17, 15) is 0 Å². The molecule has 0 amide bonds. The van der Waals surface area contributed by atoms with Gasteiger partial charge >= 0.3 is 0 Å². The minimum atomic E-state index is 0.669. The molecule has 0 spiro atoms. The zero-order valence-corrected chi connectivity index (χ0v) is 11.5. The van der Waals surface area contributed by atoms with Crippen LogP contribution in [-0.2, 0) is 0 Å². The lowest BCUT2D eigenvalue weighted by atomic mass is 10.3. The van der Waals surface area contributed by atoms with Crippen LogP contribution in [0.15, 0.2) is 56.0 Å². The highest BCUT2D eigenvalue weighted by molar-refractivity contribution is 8.00. The Morgan fingerprint density at radius 3 is 1.59 bits per heavy atom. The topological polar surface area (TPSA) is 52.0 Å². The Bertz CT molecular complexity index is 506. The van der Waals surface area contributed by atoms with E-state index in [4.69, 9.17) is 11.5 Å². The standard InChI is InChI=1S/C12H12N2S3/c13-7-3-1-5-9(11(7)15)17-10-6-2-4-8(14)12(10)16/h1-6,15-16H,13-14H2. The number of hydrogen-bond donors (Lipinski definition) is 4. The summed E-state index contributed by atoms with van der Waals surface area (Å²) in [4.78, 5) is 3.56. The Kier molecular flexibility index (Phi) is 3.81. The molecule has 0 saturated carbocycles. The molecule has 0 heterocycles. The first kappa shape index (κ1) is 12.5. The van der Waals surface area contributed by atoms with Crippen LogP contribution in [0.3, 0.4) is 0 Å². The molecule has 2 nitrogen and oxygen atoms in total. The van der Waals surface area contributed by atoms with Gasteiger partial charge in [-0.15, -0.1) is 25.3 Å². The fraction of sp³-hybridized carbons (Fsp3) is 0. The fourth-order valence-corrected chi connectivity index (χ4v) is 2.89. The second-order valence-electron chi connectivity index (χ2n) is 3.49. The van der Waals surface area contributed by atoms with Gasteiger partial charge in [0.15, 0.2) is 0 Å². The van der Waals surface area contributed by atoms with Crippen LogP contribution in [0.4, 0.5) is 11.4 Å². The normalized spacial score (nSPS) is 10.5. The molecule has 0 aliphatic rings. The maximum absolute atomic E-state index is 5.81. The molecule has 17 heavy (non-hydrogen) atoms. The van der Waals surface area contributed by atoms with E-state index in [1.807, 2.05) is 36.4 Å². The quantitative estimate of drug-likeness (QED) is 0.502. The van der Waals surface area contributed by atoms with Crippen molar-refractivity contribution in [2.45, 2.75) is 19.6 Å². The maximum atomic E-state index is 5.81. The molecule has 0 fully saturated rings. The third-order valence-corrected chi connectivity index (χ3v) is 4.70. The van der Waals surface area contributed by atoms with Gasteiger partial charge < -0.3 is 11.5 Å². The molecule has 0 aliphatic heterocycles. The Balaban J connectivity index is 2.38. The average Bonchev–Trinajstić information content (AvgIpc) is 2.31. The highest BCUT2D eigenvalue weighted by atomic mass is 32.2. The van der Waals surface area contributed by atoms with Gasteiger partial charge in [-0.05, 0) is 24.3 Å². The summed E-state index contributed by atoms with van der Waals surface area (Å²) in [5.74, 6) is 0. The van der Waals surface area contributed by atoms with Crippen molar-refractivity contribution in [3.63, 3.8) is 0 Å². The molecular formula is C12H12N2S3. The van der Waals surface area contributed by atoms with Gasteiger partial charge in [-0.25, -0.2) is 0 Å². The SMILES string of the molecule is Nc1cccc(Sc2cccc(N)c2S)c1S. The van der Waals surface area contributed by atoms with Gasteiger partial charge in [-0.2, -0.15) is 0 Å². The zero-order valence-electron chi connectivity index (χ0n) is 8.92. The monoisotopic (exact) mass is 280 g/mol. The van der Waals surface area contributed by atoms with Crippen molar-refractivity contribution in [3.05, 3.63) is 36.4 Å². The van der Waals surface area contributed by atoms with Gasteiger partial charge in [0.05, 0.1) is 0 Å². The molecule has 0 aromatic heterocycles. The lowest BCUT2D eigenvalue weighted by Crippen LogP contribution is -1.90. The molecule has 4 N–H and O–H groups in total. The largest absolute Gasteiger partial charge is 0.398 e. The minimum Gasteiger partial charge on any atom is -0.398 e.